The number of hydrogen-bond acceptors (Lipinski definition) is 6. The topological polar surface area (TPSA) is 84.3 Å². The minimum atomic E-state index is -0.959. The van der Waals surface area contributed by atoms with Gasteiger partial charge in [-0.2, -0.15) is 0 Å². The van der Waals surface area contributed by atoms with Gasteiger partial charge in [0.1, 0.15) is 10.8 Å². The second kappa shape index (κ2) is 9.07. The van der Waals surface area contributed by atoms with E-state index in [-0.39, 0.29) is 18.0 Å². The van der Waals surface area contributed by atoms with E-state index in [1.54, 1.807) is 25.4 Å². The van der Waals surface area contributed by atoms with Gasteiger partial charge in [0.05, 0.1) is 12.7 Å². The molecular weight excluding hydrogens is 374 g/mol. The molecule has 0 saturated heterocycles. The Labute approximate surface area is 161 Å². The normalized spacial score (nSPS) is 9.88. The Morgan fingerprint density at radius 1 is 1.15 bits per heavy atom. The van der Waals surface area contributed by atoms with Crippen LogP contribution in [0.2, 0.25) is 0 Å². The van der Waals surface area contributed by atoms with Crippen LogP contribution < -0.4 is 10.1 Å². The molecule has 0 unspecified atom stereocenters. The van der Waals surface area contributed by atoms with E-state index in [9.17, 15) is 4.79 Å². The molecule has 26 heavy (non-hydrogen) atoms. The minimum Gasteiger partial charge on any atom is -0.497 e. The lowest BCUT2D eigenvalue weighted by molar-refractivity contribution is 0.0697. The number of rotatable bonds is 6. The number of anilines is 2. The van der Waals surface area contributed by atoms with Crippen molar-refractivity contribution in [1.82, 2.24) is 9.97 Å². The van der Waals surface area contributed by atoms with Crippen LogP contribution in [0, 0.1) is 0 Å². The molecule has 0 fully saturated rings. The molecule has 0 radical (unpaired) electrons. The zero-order valence-corrected chi connectivity index (χ0v) is 15.4. The SMILES string of the molecule is COc1cccc(Sc2ccnc(Nc3ccc(C(=O)O)cc3)n2)c1.Cl. The lowest BCUT2D eigenvalue weighted by Gasteiger charge is -2.07. The van der Waals surface area contributed by atoms with Gasteiger partial charge in [-0.05, 0) is 48.5 Å². The summed E-state index contributed by atoms with van der Waals surface area (Å²) in [5.41, 5.74) is 0.947. The van der Waals surface area contributed by atoms with Crippen molar-refractivity contribution in [3.8, 4) is 5.75 Å². The van der Waals surface area contributed by atoms with Crippen LogP contribution in [0.3, 0.4) is 0 Å². The summed E-state index contributed by atoms with van der Waals surface area (Å²) in [4.78, 5) is 20.5. The Morgan fingerprint density at radius 3 is 2.62 bits per heavy atom. The summed E-state index contributed by atoms with van der Waals surface area (Å²) >= 11 is 1.50. The van der Waals surface area contributed by atoms with Crippen molar-refractivity contribution in [1.29, 1.82) is 0 Å². The number of carboxylic acid groups (broad SMARTS) is 1. The second-order valence-electron chi connectivity index (χ2n) is 5.01. The zero-order valence-electron chi connectivity index (χ0n) is 13.7. The quantitative estimate of drug-likeness (QED) is 0.600. The van der Waals surface area contributed by atoms with Crippen LogP contribution in [0.15, 0.2) is 70.7 Å². The van der Waals surface area contributed by atoms with Crippen LogP contribution in [0.1, 0.15) is 10.4 Å². The number of nitrogens with zero attached hydrogens (tertiary/aromatic N) is 2. The average Bonchev–Trinajstić information content (AvgIpc) is 2.62. The molecule has 0 saturated carbocycles. The fourth-order valence-corrected chi connectivity index (χ4v) is 2.89. The molecule has 0 aliphatic carbocycles. The highest BCUT2D eigenvalue weighted by atomic mass is 35.5. The van der Waals surface area contributed by atoms with Gasteiger partial charge in [-0.3, -0.25) is 0 Å². The maximum atomic E-state index is 10.9. The van der Waals surface area contributed by atoms with Crippen molar-refractivity contribution >= 4 is 41.8 Å². The highest BCUT2D eigenvalue weighted by Crippen LogP contribution is 2.29. The van der Waals surface area contributed by atoms with Crippen LogP contribution in [0.4, 0.5) is 11.6 Å². The number of aromatic carboxylic acids is 1. The average molecular weight is 390 g/mol. The number of aromatic nitrogens is 2. The number of hydrogen-bond donors (Lipinski definition) is 2. The van der Waals surface area contributed by atoms with Gasteiger partial charge in [0.2, 0.25) is 5.95 Å². The molecule has 0 aliphatic heterocycles. The van der Waals surface area contributed by atoms with Gasteiger partial charge in [0.15, 0.2) is 0 Å². The smallest absolute Gasteiger partial charge is 0.335 e. The third-order valence-electron chi connectivity index (χ3n) is 3.28. The first-order valence-corrected chi connectivity index (χ1v) is 8.21. The van der Waals surface area contributed by atoms with Gasteiger partial charge < -0.3 is 15.2 Å². The van der Waals surface area contributed by atoms with Gasteiger partial charge in [-0.1, -0.05) is 17.8 Å². The zero-order chi connectivity index (χ0) is 17.6. The summed E-state index contributed by atoms with van der Waals surface area (Å²) in [6.07, 6.45) is 1.67. The fraction of sp³-hybridized carbons (Fsp3) is 0.0556. The molecule has 8 heteroatoms. The minimum absolute atomic E-state index is 0. The lowest BCUT2D eigenvalue weighted by Crippen LogP contribution is -1.99. The summed E-state index contributed by atoms with van der Waals surface area (Å²) in [6.45, 7) is 0. The fourth-order valence-electron chi connectivity index (χ4n) is 2.07. The van der Waals surface area contributed by atoms with Crippen LogP contribution in [-0.2, 0) is 0 Å². The number of benzene rings is 2. The van der Waals surface area contributed by atoms with E-state index in [0.29, 0.717) is 11.6 Å². The molecule has 3 aromatic rings. The third-order valence-corrected chi connectivity index (χ3v) is 4.21. The van der Waals surface area contributed by atoms with Gasteiger partial charge in [-0.15, -0.1) is 12.4 Å². The van der Waals surface area contributed by atoms with E-state index < -0.39 is 5.97 Å². The first kappa shape index (κ1) is 19.6. The van der Waals surface area contributed by atoms with E-state index in [1.165, 1.54) is 23.9 Å². The maximum absolute atomic E-state index is 10.9. The molecule has 2 N–H and O–H groups in total. The summed E-state index contributed by atoms with van der Waals surface area (Å²) < 4.78 is 5.22. The molecule has 1 aromatic heterocycles. The third kappa shape index (κ3) is 5.11. The monoisotopic (exact) mass is 389 g/mol. The molecule has 1 heterocycles. The summed E-state index contributed by atoms with van der Waals surface area (Å²) in [7, 11) is 1.63. The van der Waals surface area contributed by atoms with Crippen molar-refractivity contribution in [2.75, 3.05) is 12.4 Å². The van der Waals surface area contributed by atoms with E-state index in [2.05, 4.69) is 15.3 Å². The lowest BCUT2D eigenvalue weighted by atomic mass is 10.2. The number of nitrogens with one attached hydrogen (secondary N) is 1. The van der Waals surface area contributed by atoms with E-state index in [1.807, 2.05) is 30.3 Å². The molecule has 6 nitrogen and oxygen atoms in total. The van der Waals surface area contributed by atoms with Crippen LogP contribution in [0.25, 0.3) is 0 Å². The van der Waals surface area contributed by atoms with Gasteiger partial charge in [-0.25, -0.2) is 14.8 Å². The molecular formula is C18H16ClN3O3S. The Kier molecular flexibility index (Phi) is 6.82. The van der Waals surface area contributed by atoms with Gasteiger partial charge >= 0.3 is 5.97 Å². The van der Waals surface area contributed by atoms with Crippen LogP contribution in [0.5, 0.6) is 5.75 Å². The summed E-state index contributed by atoms with van der Waals surface area (Å²) in [6, 6.07) is 16.0. The molecule has 2 aromatic carbocycles. The van der Waals surface area contributed by atoms with Crippen LogP contribution >= 0.6 is 24.2 Å². The first-order valence-electron chi connectivity index (χ1n) is 7.39. The van der Waals surface area contributed by atoms with E-state index >= 15 is 0 Å². The molecule has 0 spiro atoms. The highest BCUT2D eigenvalue weighted by Gasteiger charge is 2.05. The van der Waals surface area contributed by atoms with Crippen molar-refractivity contribution in [2.24, 2.45) is 0 Å². The maximum Gasteiger partial charge on any atom is 0.335 e. The Morgan fingerprint density at radius 2 is 1.92 bits per heavy atom. The van der Waals surface area contributed by atoms with Crippen molar-refractivity contribution in [3.05, 3.63) is 66.4 Å². The molecule has 0 aliphatic rings. The van der Waals surface area contributed by atoms with Crippen molar-refractivity contribution in [3.63, 3.8) is 0 Å². The number of carbonyl (C=O) groups is 1. The molecule has 134 valence electrons. The molecule has 0 atom stereocenters. The Bertz CT molecular complexity index is 891. The predicted octanol–water partition coefficient (Wildman–Crippen LogP) is 4.50. The number of carboxylic acids is 1. The summed E-state index contributed by atoms with van der Waals surface area (Å²) in [5.74, 6) is 0.270. The molecule has 0 bridgehead atoms. The second-order valence-corrected chi connectivity index (χ2v) is 6.10. The first-order chi connectivity index (χ1) is 12.1. The predicted molar refractivity (Wildman–Crippen MR) is 103 cm³/mol. The largest absolute Gasteiger partial charge is 0.497 e. The number of methoxy groups -OCH3 is 1. The number of halogens is 1. The number of ether oxygens (including phenoxy) is 1. The Balaban J connectivity index is 0.00000243. The van der Waals surface area contributed by atoms with E-state index in [4.69, 9.17) is 9.84 Å². The standard InChI is InChI=1S/C18H15N3O3S.ClH/c1-24-14-3-2-4-15(11-14)25-16-9-10-19-18(21-16)20-13-7-5-12(6-8-13)17(22)23;/h2-11H,1H3,(H,22,23)(H,19,20,21);1H. The molecule has 0 amide bonds. The van der Waals surface area contributed by atoms with Crippen molar-refractivity contribution < 1.29 is 14.6 Å². The van der Waals surface area contributed by atoms with Crippen molar-refractivity contribution in [2.45, 2.75) is 9.92 Å². The molecule has 3 rings (SSSR count). The van der Waals surface area contributed by atoms with Gasteiger partial charge in [0.25, 0.3) is 0 Å². The van der Waals surface area contributed by atoms with Crippen LogP contribution in [-0.4, -0.2) is 28.2 Å². The highest BCUT2D eigenvalue weighted by molar-refractivity contribution is 7.99. The van der Waals surface area contributed by atoms with Gasteiger partial charge in [0, 0.05) is 16.8 Å². The summed E-state index contributed by atoms with van der Waals surface area (Å²) in [5, 5.41) is 12.8. The Hall–Kier alpha value is -2.77. The van der Waals surface area contributed by atoms with E-state index in [0.717, 1.165) is 15.7 Å².